The maximum Gasteiger partial charge on any atom is 0.212 e. The fourth-order valence-corrected chi connectivity index (χ4v) is 18.8. The number of anilines is 2. The number of fused-ring (bicyclic) bond motifs is 3. The van der Waals surface area contributed by atoms with Crippen LogP contribution in [0.5, 0.6) is 0 Å². The SMILES string of the molecule is C#Cc1ccc(N2CCN3CCOC[C@H]3C2)nc1.C1CN2CCOC[C@H]2CN1.ClCl.Fc1ccc(I)cn1.Ic1ccc(N2CCN3CCOC[C@H]3C2)nc1.S=S=S=S=S=S=S=S. The Morgan fingerprint density at radius 3 is 1.57 bits per heavy atom. The van der Waals surface area contributed by atoms with Crippen LogP contribution < -0.4 is 15.1 Å². The number of ether oxygens (including phenoxy) is 3. The largest absolute Gasteiger partial charge is 0.378 e. The number of pyridine rings is 3. The first-order valence-electron chi connectivity index (χ1n) is 19.7. The lowest BCUT2D eigenvalue weighted by Crippen LogP contribution is -2.58. The molecule has 6 aliphatic rings. The first kappa shape index (κ1) is 55.7. The highest BCUT2D eigenvalue weighted by molar-refractivity contribution is 14.1. The van der Waals surface area contributed by atoms with Gasteiger partial charge < -0.3 is 29.3 Å². The van der Waals surface area contributed by atoms with Gasteiger partial charge in [0.25, 0.3) is 0 Å². The number of nitrogens with zero attached hydrogens (tertiary/aromatic N) is 8. The molecule has 0 bridgehead atoms. The van der Waals surface area contributed by atoms with E-state index in [1.807, 2.05) is 18.3 Å². The van der Waals surface area contributed by atoms with Crippen LogP contribution in [0.15, 0.2) is 55.0 Å². The second kappa shape index (κ2) is 33.5. The summed E-state index contributed by atoms with van der Waals surface area (Å²) in [4.78, 5) is 24.6. The second-order valence-electron chi connectivity index (χ2n) is 14.0. The predicted octanol–water partition coefficient (Wildman–Crippen LogP) is 4.27. The Balaban J connectivity index is 0.000000179. The summed E-state index contributed by atoms with van der Waals surface area (Å²) in [5.41, 5.74) is 0.832. The van der Waals surface area contributed by atoms with Crippen molar-refractivity contribution < 1.29 is 18.6 Å². The Labute approximate surface area is 434 Å². The molecule has 63 heavy (non-hydrogen) atoms. The summed E-state index contributed by atoms with van der Waals surface area (Å²) in [7, 11) is 17.3. The van der Waals surface area contributed by atoms with Crippen molar-refractivity contribution in [2.24, 2.45) is 0 Å². The number of rotatable bonds is 2. The Bertz CT molecular complexity index is 2020. The molecule has 3 aromatic rings. The highest BCUT2D eigenvalue weighted by Gasteiger charge is 2.31. The third-order valence-corrected chi connectivity index (χ3v) is 22.7. The van der Waals surface area contributed by atoms with Crippen LogP contribution in [0.2, 0.25) is 0 Å². The maximum absolute atomic E-state index is 12.0. The molecular weight excluding hydrogens is 1230 g/mol. The number of morpholine rings is 3. The van der Waals surface area contributed by atoms with Gasteiger partial charge in [0, 0.05) is 213 Å². The van der Waals surface area contributed by atoms with E-state index in [9.17, 15) is 4.39 Å². The Morgan fingerprint density at radius 1 is 0.651 bits per heavy atom. The molecule has 0 amide bonds. The minimum atomic E-state index is -0.426. The van der Waals surface area contributed by atoms with Gasteiger partial charge in [0.05, 0.1) is 51.7 Å². The van der Waals surface area contributed by atoms with Crippen molar-refractivity contribution in [3.05, 3.63) is 73.6 Å². The van der Waals surface area contributed by atoms with Crippen molar-refractivity contribution in [2.45, 2.75) is 18.1 Å². The lowest BCUT2D eigenvalue weighted by molar-refractivity contribution is -0.0168. The average molecular weight is 1280 g/mol. The summed E-state index contributed by atoms with van der Waals surface area (Å²) in [6.45, 7) is 18.4. The third-order valence-electron chi connectivity index (χ3n) is 10.3. The van der Waals surface area contributed by atoms with E-state index < -0.39 is 5.95 Å². The summed E-state index contributed by atoms with van der Waals surface area (Å²) >= 11 is 13.6. The molecule has 0 aliphatic carbocycles. The quantitative estimate of drug-likeness (QED) is 0.225. The first-order valence-corrected chi connectivity index (χ1v) is 32.4. The summed E-state index contributed by atoms with van der Waals surface area (Å²) in [6, 6.07) is 12.9. The molecule has 0 saturated carbocycles. The zero-order valence-corrected chi connectivity index (χ0v) is 46.6. The van der Waals surface area contributed by atoms with Gasteiger partial charge in [-0.15, -0.1) is 6.42 Å². The van der Waals surface area contributed by atoms with E-state index in [0.717, 1.165) is 132 Å². The van der Waals surface area contributed by atoms with Crippen LogP contribution in [-0.4, -0.2) is 166 Å². The van der Waals surface area contributed by atoms with Gasteiger partial charge in [0.1, 0.15) is 11.6 Å². The standard InChI is InChI=1S/C14H17N3O.C12H16IN3O.C7H14N2O.C5H3FIN.Cl2.S8/c1-2-12-3-4-14(15-9-12)17-6-5-16-7-8-18-11-13(16)10-17;13-10-1-2-12(14-7-10)16-4-3-15-5-6-17-9-11(15)8-16;1-2-9-3-4-10-6-7(9)5-8-1;6-5-2-1-4(7)3-8-5;1-2;1-3-5-7-8-6-4-2/h1,3-4,9,13H,5-8,10-11H2;1-2,7,11H,3-6,8-9H2;7-8H,1-6H2;1-3H;;/t13-;11-;7-;;;/m111.../s1. The Hall–Kier alpha value is 0.0600. The fraction of sp³-hybridized carbons (Fsp3) is 0.553. The Kier molecular flexibility index (Phi) is 29.6. The van der Waals surface area contributed by atoms with E-state index in [4.69, 9.17) is 20.6 Å². The first-order chi connectivity index (χ1) is 30.9. The number of hydrogen-bond donors (Lipinski definition) is 1. The molecule has 0 aromatic carbocycles. The summed E-state index contributed by atoms with van der Waals surface area (Å²) in [5, 5.41) is 3.36. The highest BCUT2D eigenvalue weighted by atomic mass is 127. The molecule has 9 rings (SSSR count). The average Bonchev–Trinajstić information content (AvgIpc) is 3.35. The molecule has 9 heterocycles. The normalized spacial score (nSPS) is 21.6. The van der Waals surface area contributed by atoms with Crippen molar-refractivity contribution in [3.8, 4) is 12.3 Å². The van der Waals surface area contributed by atoms with E-state index in [-0.39, 0.29) is 0 Å². The number of terminal acetylenes is 1. The van der Waals surface area contributed by atoms with Crippen LogP contribution in [0.1, 0.15) is 5.56 Å². The maximum atomic E-state index is 12.0. The van der Waals surface area contributed by atoms with Crippen molar-refractivity contribution in [1.82, 2.24) is 35.0 Å². The van der Waals surface area contributed by atoms with E-state index in [0.29, 0.717) is 18.1 Å². The molecule has 1 N–H and O–H groups in total. The summed E-state index contributed by atoms with van der Waals surface area (Å²) in [6.07, 6.45) is 10.5. The smallest absolute Gasteiger partial charge is 0.212 e. The second-order valence-corrected chi connectivity index (χ2v) is 27.1. The van der Waals surface area contributed by atoms with Crippen LogP contribution in [0.4, 0.5) is 16.0 Å². The lowest BCUT2D eigenvalue weighted by atomic mass is 10.1. The number of piperazine rings is 3. The zero-order chi connectivity index (χ0) is 45.1. The van der Waals surface area contributed by atoms with Crippen molar-refractivity contribution in [1.29, 1.82) is 0 Å². The molecule has 348 valence electrons. The van der Waals surface area contributed by atoms with Gasteiger partial charge in [-0.25, -0.2) is 15.0 Å². The molecule has 6 saturated heterocycles. The lowest BCUT2D eigenvalue weighted by Gasteiger charge is -2.44. The molecule has 25 heteroatoms. The fourth-order valence-electron chi connectivity index (χ4n) is 7.19. The molecule has 3 atom stereocenters. The molecule has 6 fully saturated rings. The minimum Gasteiger partial charge on any atom is -0.378 e. The van der Waals surface area contributed by atoms with Crippen molar-refractivity contribution in [2.75, 3.05) is 128 Å². The van der Waals surface area contributed by atoms with Crippen molar-refractivity contribution in [3.63, 3.8) is 0 Å². The molecule has 3 aromatic heterocycles. The van der Waals surface area contributed by atoms with Gasteiger partial charge >= 0.3 is 0 Å². The number of aromatic nitrogens is 3. The number of halogens is 5. The number of hydrogen-bond acceptors (Lipinski definition) is 14. The van der Waals surface area contributed by atoms with E-state index in [1.165, 1.54) is 40.1 Å². The van der Waals surface area contributed by atoms with E-state index >= 15 is 0 Å². The van der Waals surface area contributed by atoms with Crippen LogP contribution in [0.3, 0.4) is 0 Å². The van der Waals surface area contributed by atoms with Crippen LogP contribution >= 0.6 is 66.9 Å². The van der Waals surface area contributed by atoms with Gasteiger partial charge in [0.15, 0.2) is 0 Å². The topological polar surface area (TPSA) is 94.6 Å². The molecular formula is C38H50Cl2FI2N9O3S8. The summed E-state index contributed by atoms with van der Waals surface area (Å²) in [5.74, 6) is 4.27. The van der Waals surface area contributed by atoms with Gasteiger partial charge in [-0.05, 0) is 81.6 Å². The van der Waals surface area contributed by atoms with Crippen molar-refractivity contribution >= 4 is 154 Å². The predicted molar refractivity (Wildman–Crippen MR) is 292 cm³/mol. The van der Waals surface area contributed by atoms with Gasteiger partial charge in [-0.1, -0.05) is 5.92 Å². The van der Waals surface area contributed by atoms with Gasteiger partial charge in [-0.2, -0.15) is 4.39 Å². The van der Waals surface area contributed by atoms with Gasteiger partial charge in [-0.3, -0.25) is 14.7 Å². The van der Waals surface area contributed by atoms with Crippen LogP contribution in [0, 0.1) is 25.4 Å². The van der Waals surface area contributed by atoms with E-state index in [1.54, 1.807) is 47.8 Å². The van der Waals surface area contributed by atoms with Crippen LogP contribution in [-0.2, 0) is 89.9 Å². The molecule has 6 aliphatic heterocycles. The van der Waals surface area contributed by atoms with Gasteiger partial charge in [0.2, 0.25) is 5.95 Å². The number of nitrogens with one attached hydrogen (secondary N) is 1. The van der Waals surface area contributed by atoms with E-state index in [2.05, 4.69) is 152 Å². The molecule has 0 unspecified atom stereocenters. The zero-order valence-electron chi connectivity index (χ0n) is 34.2. The van der Waals surface area contributed by atoms with Crippen LogP contribution in [0.25, 0.3) is 0 Å². The summed E-state index contributed by atoms with van der Waals surface area (Å²) < 4.78 is 30.6. The highest BCUT2D eigenvalue weighted by Crippen LogP contribution is 2.21. The minimum absolute atomic E-state index is 0.426. The molecule has 12 nitrogen and oxygen atoms in total. The molecule has 0 radical (unpaired) electrons. The Morgan fingerprint density at radius 2 is 1.14 bits per heavy atom. The molecule has 0 spiro atoms. The monoisotopic (exact) mass is 1280 g/mol. The third kappa shape index (κ3) is 21.1.